The van der Waals surface area contributed by atoms with Gasteiger partial charge < -0.3 is 10.1 Å². The predicted molar refractivity (Wildman–Crippen MR) is 91.1 cm³/mol. The smallest absolute Gasteiger partial charge is 0.341 e. The van der Waals surface area contributed by atoms with Crippen LogP contribution < -0.4 is 10.5 Å². The van der Waals surface area contributed by atoms with Gasteiger partial charge in [-0.05, 0) is 30.7 Å². The highest BCUT2D eigenvalue weighted by atomic mass is 32.2. The molecule has 1 amide bonds. The SMILES string of the molecule is C[C@H](NC(=O)COC(=O)c1cc(S(N)(=O)=O)ccc1F)c1ccccc1. The highest BCUT2D eigenvalue weighted by molar-refractivity contribution is 7.89. The molecule has 0 bridgehead atoms. The quantitative estimate of drug-likeness (QED) is 0.737. The number of hydrogen-bond donors (Lipinski definition) is 2. The van der Waals surface area contributed by atoms with Gasteiger partial charge in [-0.25, -0.2) is 22.7 Å². The molecular formula is C17H17FN2O5S. The van der Waals surface area contributed by atoms with E-state index in [9.17, 15) is 22.4 Å². The summed E-state index contributed by atoms with van der Waals surface area (Å²) in [6.07, 6.45) is 0. The van der Waals surface area contributed by atoms with E-state index in [1.54, 1.807) is 6.92 Å². The van der Waals surface area contributed by atoms with E-state index in [2.05, 4.69) is 5.32 Å². The normalized spacial score (nSPS) is 12.3. The average Bonchev–Trinajstić information content (AvgIpc) is 2.59. The zero-order valence-electron chi connectivity index (χ0n) is 13.8. The third-order valence-electron chi connectivity index (χ3n) is 3.50. The second-order valence-corrected chi connectivity index (χ2v) is 7.02. The maximum absolute atomic E-state index is 13.7. The third kappa shape index (κ3) is 5.11. The van der Waals surface area contributed by atoms with Gasteiger partial charge in [-0.15, -0.1) is 0 Å². The second kappa shape index (κ2) is 8.07. The van der Waals surface area contributed by atoms with Crippen LogP contribution in [0.1, 0.15) is 28.9 Å². The number of hydrogen-bond acceptors (Lipinski definition) is 5. The molecule has 0 aromatic heterocycles. The minimum absolute atomic E-state index is 0.315. The van der Waals surface area contributed by atoms with Gasteiger partial charge in [0.1, 0.15) is 5.82 Å². The maximum atomic E-state index is 13.7. The van der Waals surface area contributed by atoms with Crippen molar-refractivity contribution in [2.45, 2.75) is 17.9 Å². The second-order valence-electron chi connectivity index (χ2n) is 5.46. The first kappa shape index (κ1) is 19.5. The first-order valence-corrected chi connectivity index (χ1v) is 9.07. The van der Waals surface area contributed by atoms with Gasteiger partial charge in [0.25, 0.3) is 5.91 Å². The molecule has 2 rings (SSSR count). The lowest BCUT2D eigenvalue weighted by molar-refractivity contribution is -0.124. The summed E-state index contributed by atoms with van der Waals surface area (Å²) in [6.45, 7) is 1.11. The van der Waals surface area contributed by atoms with E-state index in [-0.39, 0.29) is 6.04 Å². The van der Waals surface area contributed by atoms with E-state index >= 15 is 0 Å². The predicted octanol–water partition coefficient (Wildman–Crippen LogP) is 1.51. The molecule has 0 saturated heterocycles. The van der Waals surface area contributed by atoms with Crippen LogP contribution in [0.2, 0.25) is 0 Å². The summed E-state index contributed by atoms with van der Waals surface area (Å²) in [5.41, 5.74) is 0.236. The van der Waals surface area contributed by atoms with Gasteiger partial charge >= 0.3 is 5.97 Å². The number of sulfonamides is 1. The fourth-order valence-corrected chi connectivity index (χ4v) is 2.69. The molecule has 0 spiro atoms. The van der Waals surface area contributed by atoms with Gasteiger partial charge in [0.05, 0.1) is 16.5 Å². The molecule has 0 aliphatic heterocycles. The van der Waals surface area contributed by atoms with Gasteiger partial charge in [0, 0.05) is 0 Å². The van der Waals surface area contributed by atoms with E-state index in [1.165, 1.54) is 0 Å². The molecule has 2 aromatic rings. The highest BCUT2D eigenvalue weighted by Gasteiger charge is 2.19. The van der Waals surface area contributed by atoms with Crippen molar-refractivity contribution in [1.82, 2.24) is 5.32 Å². The molecule has 9 heteroatoms. The first-order valence-electron chi connectivity index (χ1n) is 7.52. The molecule has 0 radical (unpaired) electrons. The Hall–Kier alpha value is -2.78. The molecule has 0 unspecified atom stereocenters. The Labute approximate surface area is 150 Å². The number of rotatable bonds is 6. The Morgan fingerprint density at radius 1 is 1.19 bits per heavy atom. The number of carbonyl (C=O) groups is 2. The van der Waals surface area contributed by atoms with E-state index in [0.717, 1.165) is 23.8 Å². The standard InChI is InChI=1S/C17H17FN2O5S/c1-11(12-5-3-2-4-6-12)20-16(21)10-25-17(22)14-9-13(26(19,23)24)7-8-15(14)18/h2-9,11H,10H2,1H3,(H,20,21)(H2,19,23,24)/t11-/m0/s1. The van der Waals surface area contributed by atoms with Gasteiger partial charge in [-0.1, -0.05) is 30.3 Å². The Kier molecular flexibility index (Phi) is 6.06. The molecule has 0 heterocycles. The number of esters is 1. The fourth-order valence-electron chi connectivity index (χ4n) is 2.15. The number of nitrogens with one attached hydrogen (secondary N) is 1. The summed E-state index contributed by atoms with van der Waals surface area (Å²) >= 11 is 0. The average molecular weight is 380 g/mol. The molecule has 0 fully saturated rings. The largest absolute Gasteiger partial charge is 0.452 e. The van der Waals surface area contributed by atoms with Crippen LogP contribution in [0.15, 0.2) is 53.4 Å². The number of amides is 1. The van der Waals surface area contributed by atoms with Crippen LogP contribution >= 0.6 is 0 Å². The summed E-state index contributed by atoms with van der Waals surface area (Å²) in [6, 6.07) is 11.3. The van der Waals surface area contributed by atoms with Crippen LogP contribution in [-0.2, 0) is 19.6 Å². The van der Waals surface area contributed by atoms with Crippen LogP contribution in [-0.4, -0.2) is 26.9 Å². The number of nitrogens with two attached hydrogens (primary N) is 1. The molecule has 0 aliphatic rings. The molecule has 7 nitrogen and oxygen atoms in total. The fraction of sp³-hybridized carbons (Fsp3) is 0.176. The van der Waals surface area contributed by atoms with Crippen LogP contribution in [0.4, 0.5) is 4.39 Å². The van der Waals surface area contributed by atoms with Crippen molar-refractivity contribution in [3.05, 3.63) is 65.5 Å². The Morgan fingerprint density at radius 3 is 2.46 bits per heavy atom. The maximum Gasteiger partial charge on any atom is 0.341 e. The summed E-state index contributed by atoms with van der Waals surface area (Å²) in [5, 5.41) is 7.57. The molecule has 138 valence electrons. The topological polar surface area (TPSA) is 116 Å². The van der Waals surface area contributed by atoms with Crippen molar-refractivity contribution in [3.8, 4) is 0 Å². The minimum Gasteiger partial charge on any atom is -0.452 e. The molecule has 2 aromatic carbocycles. The number of ether oxygens (including phenoxy) is 1. The summed E-state index contributed by atoms with van der Waals surface area (Å²) in [5.74, 6) is -2.74. The van der Waals surface area contributed by atoms with Crippen LogP contribution in [0.25, 0.3) is 0 Å². The van der Waals surface area contributed by atoms with E-state index in [4.69, 9.17) is 9.88 Å². The van der Waals surface area contributed by atoms with Gasteiger partial charge in [-0.2, -0.15) is 0 Å². The lowest BCUT2D eigenvalue weighted by Gasteiger charge is -2.14. The molecule has 0 saturated carbocycles. The monoisotopic (exact) mass is 380 g/mol. The highest BCUT2D eigenvalue weighted by Crippen LogP contribution is 2.15. The van der Waals surface area contributed by atoms with E-state index < -0.39 is 44.8 Å². The molecule has 1 atom stereocenters. The van der Waals surface area contributed by atoms with Gasteiger partial charge in [0.2, 0.25) is 10.0 Å². The van der Waals surface area contributed by atoms with Crippen molar-refractivity contribution in [1.29, 1.82) is 0 Å². The zero-order chi connectivity index (χ0) is 19.3. The number of primary sulfonamides is 1. The van der Waals surface area contributed by atoms with Gasteiger partial charge in [0.15, 0.2) is 6.61 Å². The number of benzene rings is 2. The van der Waals surface area contributed by atoms with Crippen molar-refractivity contribution in [2.24, 2.45) is 5.14 Å². The summed E-state index contributed by atoms with van der Waals surface area (Å²) in [4.78, 5) is 23.4. The van der Waals surface area contributed by atoms with E-state index in [0.29, 0.717) is 0 Å². The zero-order valence-corrected chi connectivity index (χ0v) is 14.6. The van der Waals surface area contributed by atoms with Gasteiger partial charge in [-0.3, -0.25) is 4.79 Å². The van der Waals surface area contributed by atoms with Crippen molar-refractivity contribution in [3.63, 3.8) is 0 Å². The molecular weight excluding hydrogens is 363 g/mol. The Balaban J connectivity index is 1.99. The molecule has 0 aliphatic carbocycles. The Bertz CT molecular complexity index is 916. The van der Waals surface area contributed by atoms with Crippen LogP contribution in [0, 0.1) is 5.82 Å². The summed E-state index contributed by atoms with van der Waals surface area (Å²) < 4.78 is 41.0. The van der Waals surface area contributed by atoms with E-state index in [1.807, 2.05) is 30.3 Å². The lowest BCUT2D eigenvalue weighted by atomic mass is 10.1. The minimum atomic E-state index is -4.11. The third-order valence-corrected chi connectivity index (χ3v) is 4.41. The molecule has 26 heavy (non-hydrogen) atoms. The number of halogens is 1. The van der Waals surface area contributed by atoms with Crippen LogP contribution in [0.3, 0.4) is 0 Å². The van der Waals surface area contributed by atoms with Crippen molar-refractivity contribution >= 4 is 21.9 Å². The first-order chi connectivity index (χ1) is 12.2. The van der Waals surface area contributed by atoms with Crippen LogP contribution in [0.5, 0.6) is 0 Å². The van der Waals surface area contributed by atoms with Crippen molar-refractivity contribution in [2.75, 3.05) is 6.61 Å². The summed E-state index contributed by atoms with van der Waals surface area (Å²) in [7, 11) is -4.11. The lowest BCUT2D eigenvalue weighted by Crippen LogP contribution is -2.31. The molecule has 3 N–H and O–H groups in total. The Morgan fingerprint density at radius 2 is 1.85 bits per heavy atom. The number of carbonyl (C=O) groups excluding carboxylic acids is 2. The van der Waals surface area contributed by atoms with Crippen molar-refractivity contribution < 1.29 is 27.1 Å².